The van der Waals surface area contributed by atoms with Gasteiger partial charge in [-0.2, -0.15) is 0 Å². The molecule has 0 aliphatic carbocycles. The molecule has 0 N–H and O–H groups in total. The van der Waals surface area contributed by atoms with Gasteiger partial charge < -0.3 is 9.64 Å². The van der Waals surface area contributed by atoms with Crippen LogP contribution in [-0.4, -0.2) is 44.1 Å². The third kappa shape index (κ3) is 4.78. The van der Waals surface area contributed by atoms with Crippen molar-refractivity contribution in [2.45, 2.75) is 49.5 Å². The molecule has 1 aromatic rings. The van der Waals surface area contributed by atoms with Gasteiger partial charge in [-0.1, -0.05) is 6.07 Å². The van der Waals surface area contributed by atoms with Crippen molar-refractivity contribution in [1.29, 1.82) is 0 Å². The number of hydrogen-bond donors (Lipinski definition) is 0. The molecule has 0 spiro atoms. The van der Waals surface area contributed by atoms with Crippen LogP contribution in [0, 0.1) is 0 Å². The Morgan fingerprint density at radius 2 is 2.00 bits per heavy atom. The molecule has 7 heteroatoms. The molecule has 5 nitrogen and oxygen atoms in total. The number of halogens is 1. The number of likely N-dealkylation sites (tertiary alicyclic amines) is 1. The van der Waals surface area contributed by atoms with Gasteiger partial charge in [0, 0.05) is 18.3 Å². The highest BCUT2D eigenvalue weighted by atomic mass is 79.9. The number of amides is 1. The number of carbonyl (C=O) groups excluding carboxylic acids is 1. The summed E-state index contributed by atoms with van der Waals surface area (Å²) in [5, 5.41) is 0.616. The lowest BCUT2D eigenvalue weighted by Gasteiger charge is -2.32. The van der Waals surface area contributed by atoms with Gasteiger partial charge in [0.2, 0.25) is 0 Å². The van der Waals surface area contributed by atoms with Crippen molar-refractivity contribution in [3.05, 3.63) is 22.8 Å². The Labute approximate surface area is 142 Å². The maximum Gasteiger partial charge on any atom is 0.410 e. The summed E-state index contributed by atoms with van der Waals surface area (Å²) >= 11 is 3.30. The Hall–Kier alpha value is -0.950. The monoisotopic (exact) mass is 388 g/mol. The molecule has 22 heavy (non-hydrogen) atoms. The maximum absolute atomic E-state index is 12.6. The highest BCUT2D eigenvalue weighted by Crippen LogP contribution is 2.22. The Bertz CT molecular complexity index is 566. The van der Waals surface area contributed by atoms with E-state index in [4.69, 9.17) is 4.74 Å². The highest BCUT2D eigenvalue weighted by Gasteiger charge is 2.30. The standard InChI is InChI=1S/C15H21BrN2O3S/c1-15(2,3)21-14(19)18-9-7-11(8-10-18)22(20)13-6-4-5-12(16)17-13/h4-6,11H,7-10H2,1-3H3/t22-/m1/s1. The van der Waals surface area contributed by atoms with Gasteiger partial charge >= 0.3 is 6.09 Å². The summed E-state index contributed by atoms with van der Waals surface area (Å²) in [6.07, 6.45) is 1.09. The zero-order valence-corrected chi connectivity index (χ0v) is 15.4. The van der Waals surface area contributed by atoms with E-state index >= 15 is 0 Å². The van der Waals surface area contributed by atoms with Crippen molar-refractivity contribution in [1.82, 2.24) is 9.88 Å². The molecule has 1 fully saturated rings. The molecule has 0 unspecified atom stereocenters. The fourth-order valence-corrected chi connectivity index (χ4v) is 4.09. The van der Waals surface area contributed by atoms with Crippen molar-refractivity contribution < 1.29 is 13.7 Å². The minimum atomic E-state index is -1.15. The summed E-state index contributed by atoms with van der Waals surface area (Å²) < 4.78 is 18.6. The molecular weight excluding hydrogens is 368 g/mol. The summed E-state index contributed by atoms with van der Waals surface area (Å²) in [4.78, 5) is 18.0. The summed E-state index contributed by atoms with van der Waals surface area (Å²) in [5.74, 6) is 0. The van der Waals surface area contributed by atoms with E-state index in [0.717, 1.165) is 0 Å². The number of carbonyl (C=O) groups is 1. The van der Waals surface area contributed by atoms with Gasteiger partial charge in [0.05, 0.1) is 10.8 Å². The molecule has 1 saturated heterocycles. The molecule has 122 valence electrons. The van der Waals surface area contributed by atoms with Crippen LogP contribution in [-0.2, 0) is 15.5 Å². The molecule has 1 amide bonds. The van der Waals surface area contributed by atoms with Gasteiger partial charge in [-0.15, -0.1) is 0 Å². The topological polar surface area (TPSA) is 59.5 Å². The molecule has 2 rings (SSSR count). The predicted molar refractivity (Wildman–Crippen MR) is 89.2 cm³/mol. The number of hydrogen-bond acceptors (Lipinski definition) is 4. The van der Waals surface area contributed by atoms with E-state index in [0.29, 0.717) is 35.6 Å². The second kappa shape index (κ2) is 7.08. The number of piperidine rings is 1. The van der Waals surface area contributed by atoms with Gasteiger partial charge in [-0.25, -0.2) is 9.78 Å². The molecule has 0 bridgehead atoms. The van der Waals surface area contributed by atoms with Gasteiger partial charge in [0.15, 0.2) is 0 Å². The first kappa shape index (κ1) is 17.4. The first-order valence-corrected chi connectivity index (χ1v) is 9.28. The number of pyridine rings is 1. The van der Waals surface area contributed by atoms with Crippen LogP contribution >= 0.6 is 15.9 Å². The fourth-order valence-electron chi connectivity index (χ4n) is 2.25. The molecule has 1 aromatic heterocycles. The maximum atomic E-state index is 12.6. The van der Waals surface area contributed by atoms with Crippen LogP contribution in [0.25, 0.3) is 0 Å². The van der Waals surface area contributed by atoms with Crippen LogP contribution in [0.1, 0.15) is 33.6 Å². The molecule has 0 radical (unpaired) electrons. The van der Waals surface area contributed by atoms with Crippen molar-refractivity contribution >= 4 is 32.8 Å². The molecule has 2 heterocycles. The Balaban J connectivity index is 1.92. The van der Waals surface area contributed by atoms with Crippen molar-refractivity contribution in [2.24, 2.45) is 0 Å². The minimum absolute atomic E-state index is 0.0282. The Morgan fingerprint density at radius 3 is 2.55 bits per heavy atom. The van der Waals surface area contributed by atoms with Crippen LogP contribution in [0.3, 0.4) is 0 Å². The van der Waals surface area contributed by atoms with E-state index in [9.17, 15) is 9.00 Å². The quantitative estimate of drug-likeness (QED) is 0.728. The summed E-state index contributed by atoms with van der Waals surface area (Å²) in [6, 6.07) is 5.42. The zero-order chi connectivity index (χ0) is 16.3. The van der Waals surface area contributed by atoms with Crippen molar-refractivity contribution in [2.75, 3.05) is 13.1 Å². The van der Waals surface area contributed by atoms with E-state index in [2.05, 4.69) is 20.9 Å². The Morgan fingerprint density at radius 1 is 1.36 bits per heavy atom. The van der Waals surface area contributed by atoms with Gasteiger partial charge in [-0.05, 0) is 61.7 Å². The molecule has 1 aliphatic rings. The van der Waals surface area contributed by atoms with Crippen LogP contribution in [0.4, 0.5) is 4.79 Å². The van der Waals surface area contributed by atoms with Crippen molar-refractivity contribution in [3.8, 4) is 0 Å². The van der Waals surface area contributed by atoms with E-state index < -0.39 is 16.4 Å². The molecule has 1 aliphatic heterocycles. The molecule has 0 aromatic carbocycles. The second-order valence-electron chi connectivity index (χ2n) is 6.26. The third-order valence-corrected chi connectivity index (χ3v) is 5.45. The zero-order valence-electron chi connectivity index (χ0n) is 13.0. The molecular formula is C15H21BrN2O3S. The molecule has 0 saturated carbocycles. The smallest absolute Gasteiger partial charge is 0.410 e. The minimum Gasteiger partial charge on any atom is -0.444 e. The number of ether oxygens (including phenoxy) is 1. The lowest BCUT2D eigenvalue weighted by molar-refractivity contribution is 0.0218. The van der Waals surface area contributed by atoms with E-state index in [-0.39, 0.29) is 11.3 Å². The number of rotatable bonds is 2. The van der Waals surface area contributed by atoms with Gasteiger partial charge in [0.1, 0.15) is 15.2 Å². The number of nitrogens with zero attached hydrogens (tertiary/aromatic N) is 2. The van der Waals surface area contributed by atoms with Gasteiger partial charge in [0.25, 0.3) is 0 Å². The van der Waals surface area contributed by atoms with E-state index in [1.807, 2.05) is 32.9 Å². The molecule has 1 atom stereocenters. The average molecular weight is 389 g/mol. The second-order valence-corrected chi connectivity index (χ2v) is 8.75. The van der Waals surface area contributed by atoms with Crippen molar-refractivity contribution in [3.63, 3.8) is 0 Å². The van der Waals surface area contributed by atoms with E-state index in [1.54, 1.807) is 11.0 Å². The largest absolute Gasteiger partial charge is 0.444 e. The van der Waals surface area contributed by atoms with Crippen LogP contribution < -0.4 is 0 Å². The first-order chi connectivity index (χ1) is 10.3. The predicted octanol–water partition coefficient (Wildman–Crippen LogP) is 3.35. The van der Waals surface area contributed by atoms with Crippen LogP contribution in [0.2, 0.25) is 0 Å². The first-order valence-electron chi connectivity index (χ1n) is 7.27. The summed E-state index contributed by atoms with van der Waals surface area (Å²) in [5.41, 5.74) is -0.489. The third-order valence-electron chi connectivity index (χ3n) is 3.29. The lowest BCUT2D eigenvalue weighted by atomic mass is 10.1. The average Bonchev–Trinajstić information content (AvgIpc) is 2.45. The lowest BCUT2D eigenvalue weighted by Crippen LogP contribution is -2.43. The van der Waals surface area contributed by atoms with E-state index in [1.165, 1.54) is 0 Å². The van der Waals surface area contributed by atoms with Gasteiger partial charge in [-0.3, -0.25) is 4.21 Å². The summed E-state index contributed by atoms with van der Waals surface area (Å²) in [7, 11) is -1.15. The number of aromatic nitrogens is 1. The van der Waals surface area contributed by atoms with Crippen LogP contribution in [0.5, 0.6) is 0 Å². The highest BCUT2D eigenvalue weighted by molar-refractivity contribution is 9.10. The Kier molecular flexibility index (Phi) is 5.60. The summed E-state index contributed by atoms with van der Waals surface area (Å²) in [6.45, 7) is 6.70. The SMILES string of the molecule is CC(C)(C)OC(=O)N1CCC([S@@](=O)c2cccc(Br)n2)CC1. The van der Waals surface area contributed by atoms with Crippen LogP contribution in [0.15, 0.2) is 27.8 Å². The normalized spacial score (nSPS) is 18.1. The fraction of sp³-hybridized carbons (Fsp3) is 0.600.